The van der Waals surface area contributed by atoms with Crippen molar-refractivity contribution in [1.82, 2.24) is 0 Å². The SMILES string of the molecule is CC(C)(C)[Si](C)(C)O[C@@H]1C[C@H](O[Si](c2ccccc2)(c2ccccc2)C(C)(C)C)C[C@@H]2O[C@@]21C. The van der Waals surface area contributed by atoms with Crippen molar-refractivity contribution in [3.63, 3.8) is 0 Å². The Morgan fingerprint density at radius 1 is 0.765 bits per heavy atom. The summed E-state index contributed by atoms with van der Waals surface area (Å²) >= 11 is 0. The van der Waals surface area contributed by atoms with Crippen LogP contribution in [0.25, 0.3) is 0 Å². The first-order chi connectivity index (χ1) is 15.7. The van der Waals surface area contributed by atoms with Crippen molar-refractivity contribution < 1.29 is 13.6 Å². The molecular formula is C29H44O3Si2. The van der Waals surface area contributed by atoms with Crippen molar-refractivity contribution >= 4 is 27.0 Å². The molecule has 0 N–H and O–H groups in total. The molecule has 3 nitrogen and oxygen atoms in total. The number of benzene rings is 2. The van der Waals surface area contributed by atoms with Gasteiger partial charge in [0.2, 0.25) is 0 Å². The van der Waals surface area contributed by atoms with Crippen LogP contribution in [0.1, 0.15) is 61.3 Å². The molecule has 2 aliphatic rings. The summed E-state index contributed by atoms with van der Waals surface area (Å²) in [6.45, 7) is 20.9. The lowest BCUT2D eigenvalue weighted by Gasteiger charge is -2.47. The molecule has 0 amide bonds. The van der Waals surface area contributed by atoms with Gasteiger partial charge in [-0.3, -0.25) is 0 Å². The van der Waals surface area contributed by atoms with Crippen LogP contribution in [0.3, 0.4) is 0 Å². The van der Waals surface area contributed by atoms with Crippen molar-refractivity contribution in [2.24, 2.45) is 0 Å². The first-order valence-electron chi connectivity index (χ1n) is 12.9. The molecule has 2 fully saturated rings. The molecule has 1 saturated heterocycles. The van der Waals surface area contributed by atoms with Crippen molar-refractivity contribution in [3.05, 3.63) is 60.7 Å². The van der Waals surface area contributed by atoms with E-state index >= 15 is 0 Å². The molecule has 0 bridgehead atoms. The monoisotopic (exact) mass is 496 g/mol. The molecule has 2 aromatic rings. The van der Waals surface area contributed by atoms with E-state index in [4.69, 9.17) is 13.6 Å². The van der Waals surface area contributed by atoms with Gasteiger partial charge in [0.15, 0.2) is 8.32 Å². The third-order valence-electron chi connectivity index (χ3n) is 8.57. The molecule has 34 heavy (non-hydrogen) atoms. The van der Waals surface area contributed by atoms with Gasteiger partial charge >= 0.3 is 0 Å². The highest BCUT2D eigenvalue weighted by atomic mass is 28.4. The summed E-state index contributed by atoms with van der Waals surface area (Å²) in [5.41, 5.74) is -0.166. The zero-order valence-corrected chi connectivity index (χ0v) is 24.6. The summed E-state index contributed by atoms with van der Waals surface area (Å²) < 4.78 is 20.8. The van der Waals surface area contributed by atoms with E-state index in [0.717, 1.165) is 12.8 Å². The van der Waals surface area contributed by atoms with Gasteiger partial charge in [0, 0.05) is 12.8 Å². The minimum absolute atomic E-state index is 0.0311. The number of hydrogen-bond donors (Lipinski definition) is 0. The van der Waals surface area contributed by atoms with Gasteiger partial charge in [-0.2, -0.15) is 0 Å². The highest BCUT2D eigenvalue weighted by Crippen LogP contribution is 2.52. The Labute approximate surface area is 209 Å². The maximum absolute atomic E-state index is 7.48. The molecule has 1 heterocycles. The molecule has 4 rings (SSSR count). The number of epoxide rings is 1. The third-order valence-corrected chi connectivity index (χ3v) is 18.2. The summed E-state index contributed by atoms with van der Waals surface area (Å²) in [6, 6.07) is 21.9. The maximum atomic E-state index is 7.48. The first-order valence-corrected chi connectivity index (χ1v) is 17.7. The van der Waals surface area contributed by atoms with E-state index in [0.29, 0.717) is 0 Å². The normalized spacial score (nSPS) is 27.9. The second kappa shape index (κ2) is 8.70. The van der Waals surface area contributed by atoms with E-state index < -0.39 is 16.6 Å². The molecule has 1 aliphatic carbocycles. The van der Waals surface area contributed by atoms with E-state index in [2.05, 4.69) is 122 Å². The van der Waals surface area contributed by atoms with Crippen molar-refractivity contribution in [2.75, 3.05) is 0 Å². The zero-order valence-electron chi connectivity index (χ0n) is 22.6. The van der Waals surface area contributed by atoms with Crippen molar-refractivity contribution in [2.45, 2.75) is 108 Å². The minimum atomic E-state index is -2.60. The van der Waals surface area contributed by atoms with E-state index in [1.54, 1.807) is 0 Å². The molecule has 1 saturated carbocycles. The smallest absolute Gasteiger partial charge is 0.261 e. The highest BCUT2D eigenvalue weighted by molar-refractivity contribution is 6.99. The van der Waals surface area contributed by atoms with Crippen LogP contribution >= 0.6 is 0 Å². The maximum Gasteiger partial charge on any atom is 0.261 e. The molecule has 0 unspecified atom stereocenters. The van der Waals surface area contributed by atoms with E-state index in [-0.39, 0.29) is 34.0 Å². The molecule has 1 aliphatic heterocycles. The summed E-state index contributed by atoms with van der Waals surface area (Å²) in [4.78, 5) is 0. The van der Waals surface area contributed by atoms with Crippen LogP contribution in [0, 0.1) is 0 Å². The van der Waals surface area contributed by atoms with Crippen molar-refractivity contribution in [1.29, 1.82) is 0 Å². The van der Waals surface area contributed by atoms with E-state index in [1.807, 2.05) is 0 Å². The fourth-order valence-electron chi connectivity index (χ4n) is 5.38. The first kappa shape index (κ1) is 25.8. The van der Waals surface area contributed by atoms with E-state index in [1.165, 1.54) is 10.4 Å². The molecule has 186 valence electrons. The highest BCUT2D eigenvalue weighted by Gasteiger charge is 2.64. The fourth-order valence-corrected chi connectivity index (χ4v) is 11.5. The number of hydrogen-bond acceptors (Lipinski definition) is 3. The molecule has 0 spiro atoms. The second-order valence-electron chi connectivity index (χ2n) is 13.0. The minimum Gasteiger partial charge on any atom is -0.411 e. The molecular weight excluding hydrogens is 452 g/mol. The van der Waals surface area contributed by atoms with Crippen LogP contribution in [-0.2, 0) is 13.6 Å². The Morgan fingerprint density at radius 3 is 1.71 bits per heavy atom. The number of ether oxygens (including phenoxy) is 1. The Balaban J connectivity index is 1.71. The topological polar surface area (TPSA) is 31.0 Å². The van der Waals surface area contributed by atoms with Gasteiger partial charge in [-0.1, -0.05) is 102 Å². The Bertz CT molecular complexity index is 938. The van der Waals surface area contributed by atoms with Crippen LogP contribution in [-0.4, -0.2) is 40.5 Å². The number of rotatable bonds is 6. The Kier molecular flexibility index (Phi) is 6.61. The fraction of sp³-hybridized carbons (Fsp3) is 0.586. The van der Waals surface area contributed by atoms with Crippen LogP contribution < -0.4 is 10.4 Å². The Morgan fingerprint density at radius 2 is 1.26 bits per heavy atom. The van der Waals surface area contributed by atoms with E-state index in [9.17, 15) is 0 Å². The van der Waals surface area contributed by atoms with Crippen LogP contribution in [0.4, 0.5) is 0 Å². The molecule has 0 radical (unpaired) electrons. The van der Waals surface area contributed by atoms with Gasteiger partial charge in [0.25, 0.3) is 8.32 Å². The van der Waals surface area contributed by atoms with Crippen LogP contribution in [0.2, 0.25) is 23.2 Å². The van der Waals surface area contributed by atoms with Gasteiger partial charge in [0.1, 0.15) is 5.60 Å². The predicted molar refractivity (Wildman–Crippen MR) is 147 cm³/mol. The number of fused-ring (bicyclic) bond motifs is 1. The van der Waals surface area contributed by atoms with Crippen LogP contribution in [0.5, 0.6) is 0 Å². The van der Waals surface area contributed by atoms with Crippen LogP contribution in [0.15, 0.2) is 60.7 Å². The summed E-state index contributed by atoms with van der Waals surface area (Å²) in [5.74, 6) is 0. The van der Waals surface area contributed by atoms with Crippen molar-refractivity contribution in [3.8, 4) is 0 Å². The lowest BCUT2D eigenvalue weighted by Crippen LogP contribution is -2.68. The zero-order chi connectivity index (χ0) is 25.0. The molecule has 4 atom stereocenters. The average Bonchev–Trinajstić information content (AvgIpc) is 3.43. The van der Waals surface area contributed by atoms with Gasteiger partial charge < -0.3 is 13.6 Å². The second-order valence-corrected chi connectivity index (χ2v) is 22.0. The summed E-state index contributed by atoms with van der Waals surface area (Å²) in [5, 5.41) is 2.80. The summed E-state index contributed by atoms with van der Waals surface area (Å²) in [7, 11) is -4.53. The predicted octanol–water partition coefficient (Wildman–Crippen LogP) is 6.27. The third kappa shape index (κ3) is 4.50. The van der Waals surface area contributed by atoms with Gasteiger partial charge in [-0.05, 0) is 40.5 Å². The average molecular weight is 497 g/mol. The lowest BCUT2D eigenvalue weighted by molar-refractivity contribution is 0.0368. The largest absolute Gasteiger partial charge is 0.411 e. The molecule has 5 heteroatoms. The molecule has 0 aromatic heterocycles. The summed E-state index contributed by atoms with van der Waals surface area (Å²) in [6.07, 6.45) is 2.25. The van der Waals surface area contributed by atoms with Gasteiger partial charge in [-0.25, -0.2) is 0 Å². The Hall–Kier alpha value is -1.25. The van der Waals surface area contributed by atoms with Gasteiger partial charge in [-0.15, -0.1) is 0 Å². The molecule has 2 aromatic carbocycles. The van der Waals surface area contributed by atoms with Gasteiger partial charge in [0.05, 0.1) is 18.3 Å². The quantitative estimate of drug-likeness (QED) is 0.349. The lowest BCUT2D eigenvalue weighted by atomic mass is 9.86. The standard InChI is InChI=1S/C29H44O3Si2/c1-27(2,3)33(8,9)32-26-21-22(20-25-29(26,7)30-25)31-34(28(4,5)6,23-16-12-10-13-17-23)24-18-14-11-15-19-24/h10-19,22,25-26H,20-21H2,1-9H3/t22-,25+,26-,29+/m1/s1.